The number of hydrogen-bond acceptors (Lipinski definition) is 4. The van der Waals surface area contributed by atoms with Crippen molar-refractivity contribution in [3.05, 3.63) is 17.0 Å². The van der Waals surface area contributed by atoms with Crippen LogP contribution in [-0.2, 0) is 11.8 Å². The van der Waals surface area contributed by atoms with Gasteiger partial charge < -0.3 is 10.4 Å². The molecule has 1 aliphatic rings. The number of aromatic nitrogens is 2. The van der Waals surface area contributed by atoms with Crippen LogP contribution in [0, 0.1) is 13.8 Å². The minimum atomic E-state index is -1.14. The monoisotopic (exact) mass is 283 g/mol. The molecule has 0 radical (unpaired) electrons. The van der Waals surface area contributed by atoms with Gasteiger partial charge in [0.05, 0.1) is 11.3 Å². The van der Waals surface area contributed by atoms with Crippen LogP contribution in [0.5, 0.6) is 0 Å². The molecule has 104 valence electrons. The van der Waals surface area contributed by atoms with Crippen molar-refractivity contribution in [3.63, 3.8) is 0 Å². The molecule has 0 spiro atoms. The minimum Gasteiger partial charge on any atom is -0.479 e. The lowest BCUT2D eigenvalue weighted by Gasteiger charge is -2.24. The van der Waals surface area contributed by atoms with Crippen molar-refractivity contribution < 1.29 is 14.7 Å². The lowest BCUT2D eigenvalue weighted by atomic mass is 9.98. The fourth-order valence-electron chi connectivity index (χ4n) is 2.27. The molecule has 6 nitrogen and oxygen atoms in total. The Labute approximate surface area is 115 Å². The van der Waals surface area contributed by atoms with Crippen molar-refractivity contribution in [1.29, 1.82) is 0 Å². The highest BCUT2D eigenvalue weighted by Crippen LogP contribution is 2.29. The molecule has 1 atom stereocenters. The van der Waals surface area contributed by atoms with Gasteiger partial charge in [0.15, 0.2) is 0 Å². The summed E-state index contributed by atoms with van der Waals surface area (Å²) < 4.78 is 1.63. The second-order valence-electron chi connectivity index (χ2n) is 4.81. The number of carbonyl (C=O) groups is 2. The standard InChI is InChI=1S/C12H17N3O3S/c1-7-9(8(2)15(3)14-7)10(16)13-12(11(17)18)4-5-19-6-12/h4-6H2,1-3H3,(H,13,16)(H,17,18)/t12-/m1/s1. The van der Waals surface area contributed by atoms with Gasteiger partial charge in [-0.15, -0.1) is 0 Å². The number of carboxylic acid groups (broad SMARTS) is 1. The maximum Gasteiger partial charge on any atom is 0.330 e. The number of rotatable bonds is 3. The highest BCUT2D eigenvalue weighted by Gasteiger charge is 2.43. The van der Waals surface area contributed by atoms with Gasteiger partial charge in [0, 0.05) is 18.5 Å². The van der Waals surface area contributed by atoms with E-state index in [2.05, 4.69) is 10.4 Å². The molecule has 19 heavy (non-hydrogen) atoms. The van der Waals surface area contributed by atoms with Crippen LogP contribution in [-0.4, -0.2) is 43.8 Å². The van der Waals surface area contributed by atoms with Gasteiger partial charge >= 0.3 is 5.97 Å². The molecule has 2 rings (SSSR count). The van der Waals surface area contributed by atoms with Crippen molar-refractivity contribution in [3.8, 4) is 0 Å². The van der Waals surface area contributed by atoms with E-state index in [0.29, 0.717) is 23.4 Å². The van der Waals surface area contributed by atoms with E-state index in [1.807, 2.05) is 0 Å². The summed E-state index contributed by atoms with van der Waals surface area (Å²) in [4.78, 5) is 23.7. The Morgan fingerprint density at radius 3 is 2.58 bits per heavy atom. The van der Waals surface area contributed by atoms with E-state index < -0.39 is 11.5 Å². The molecule has 1 fully saturated rings. The number of aryl methyl sites for hydroxylation is 2. The Hall–Kier alpha value is -1.50. The molecule has 1 aromatic heterocycles. The molecule has 7 heteroatoms. The summed E-state index contributed by atoms with van der Waals surface area (Å²) in [6.45, 7) is 3.55. The van der Waals surface area contributed by atoms with Crippen molar-refractivity contribution >= 4 is 23.6 Å². The van der Waals surface area contributed by atoms with E-state index in [-0.39, 0.29) is 5.91 Å². The fraction of sp³-hybridized carbons (Fsp3) is 0.583. The lowest BCUT2D eigenvalue weighted by molar-refractivity contribution is -0.143. The first-order chi connectivity index (χ1) is 8.87. The molecule has 1 aliphatic heterocycles. The highest BCUT2D eigenvalue weighted by molar-refractivity contribution is 7.99. The van der Waals surface area contributed by atoms with Gasteiger partial charge in [-0.05, 0) is 26.0 Å². The van der Waals surface area contributed by atoms with E-state index in [0.717, 1.165) is 11.4 Å². The van der Waals surface area contributed by atoms with Crippen molar-refractivity contribution in [2.75, 3.05) is 11.5 Å². The van der Waals surface area contributed by atoms with Crippen LogP contribution in [0.3, 0.4) is 0 Å². The second kappa shape index (κ2) is 4.88. The Morgan fingerprint density at radius 1 is 1.47 bits per heavy atom. The summed E-state index contributed by atoms with van der Waals surface area (Å²) in [5, 5.41) is 16.2. The lowest BCUT2D eigenvalue weighted by Crippen LogP contribution is -2.54. The van der Waals surface area contributed by atoms with Gasteiger partial charge in [-0.2, -0.15) is 16.9 Å². The molecule has 0 unspecified atom stereocenters. The van der Waals surface area contributed by atoms with Crippen LogP contribution >= 0.6 is 11.8 Å². The molecule has 1 saturated heterocycles. The topological polar surface area (TPSA) is 84.2 Å². The molecule has 1 amide bonds. The quantitative estimate of drug-likeness (QED) is 0.854. The zero-order valence-corrected chi connectivity index (χ0v) is 12.0. The highest BCUT2D eigenvalue weighted by atomic mass is 32.2. The van der Waals surface area contributed by atoms with Crippen molar-refractivity contribution in [2.24, 2.45) is 7.05 Å². The number of amides is 1. The van der Waals surface area contributed by atoms with Gasteiger partial charge in [-0.1, -0.05) is 0 Å². The van der Waals surface area contributed by atoms with E-state index in [1.54, 1.807) is 37.3 Å². The second-order valence-corrected chi connectivity index (χ2v) is 5.92. The maximum atomic E-state index is 12.3. The van der Waals surface area contributed by atoms with Gasteiger partial charge in [-0.3, -0.25) is 9.48 Å². The van der Waals surface area contributed by atoms with Crippen LogP contribution in [0.2, 0.25) is 0 Å². The van der Waals surface area contributed by atoms with Crippen molar-refractivity contribution in [2.45, 2.75) is 25.8 Å². The Bertz CT molecular complexity index is 533. The first kappa shape index (κ1) is 13.9. The average Bonchev–Trinajstić information content (AvgIpc) is 2.86. The van der Waals surface area contributed by atoms with Crippen molar-refractivity contribution in [1.82, 2.24) is 15.1 Å². The molecule has 0 aromatic carbocycles. The zero-order chi connectivity index (χ0) is 14.2. The van der Waals surface area contributed by atoms with Gasteiger partial charge in [0.1, 0.15) is 5.54 Å². The normalized spacial score (nSPS) is 22.5. The first-order valence-electron chi connectivity index (χ1n) is 6.01. The van der Waals surface area contributed by atoms with E-state index in [1.165, 1.54) is 0 Å². The minimum absolute atomic E-state index is 0.354. The van der Waals surface area contributed by atoms with Gasteiger partial charge in [-0.25, -0.2) is 4.79 Å². The summed E-state index contributed by atoms with van der Waals surface area (Å²) >= 11 is 1.54. The summed E-state index contributed by atoms with van der Waals surface area (Å²) in [5.41, 5.74) is 0.682. The fourth-order valence-corrected chi connectivity index (χ4v) is 3.59. The van der Waals surface area contributed by atoms with Gasteiger partial charge in [0.2, 0.25) is 0 Å². The van der Waals surface area contributed by atoms with Crippen LogP contribution in [0.4, 0.5) is 0 Å². The van der Waals surface area contributed by atoms with Gasteiger partial charge in [0.25, 0.3) is 5.91 Å². The predicted molar refractivity (Wildman–Crippen MR) is 72.5 cm³/mol. The Kier molecular flexibility index (Phi) is 3.58. The zero-order valence-electron chi connectivity index (χ0n) is 11.2. The molecule has 0 bridgehead atoms. The summed E-state index contributed by atoms with van der Waals surface area (Å²) in [5.74, 6) is -0.164. The third-order valence-electron chi connectivity index (χ3n) is 3.52. The molecular weight excluding hydrogens is 266 g/mol. The third-order valence-corrected chi connectivity index (χ3v) is 4.71. The number of nitrogens with zero attached hydrogens (tertiary/aromatic N) is 2. The number of carbonyl (C=O) groups excluding carboxylic acids is 1. The maximum absolute atomic E-state index is 12.3. The molecule has 2 heterocycles. The molecule has 2 N–H and O–H groups in total. The summed E-state index contributed by atoms with van der Waals surface area (Å²) in [6.07, 6.45) is 0.455. The smallest absolute Gasteiger partial charge is 0.330 e. The first-order valence-corrected chi connectivity index (χ1v) is 7.17. The number of aliphatic carboxylic acids is 1. The number of nitrogens with one attached hydrogen (secondary N) is 1. The SMILES string of the molecule is Cc1nn(C)c(C)c1C(=O)N[C@]1(C(=O)O)CCSC1. The summed E-state index contributed by atoms with van der Waals surface area (Å²) in [7, 11) is 1.76. The molecule has 1 aromatic rings. The average molecular weight is 283 g/mol. The van der Waals surface area contributed by atoms with Crippen LogP contribution in [0.15, 0.2) is 0 Å². The molecule has 0 aliphatic carbocycles. The number of carboxylic acids is 1. The number of hydrogen-bond donors (Lipinski definition) is 2. The van der Waals surface area contributed by atoms with Crippen LogP contribution < -0.4 is 5.32 Å². The Morgan fingerprint density at radius 2 is 2.16 bits per heavy atom. The van der Waals surface area contributed by atoms with Crippen LogP contribution in [0.1, 0.15) is 28.2 Å². The van der Waals surface area contributed by atoms with E-state index in [4.69, 9.17) is 0 Å². The van der Waals surface area contributed by atoms with Crippen LogP contribution in [0.25, 0.3) is 0 Å². The Balaban J connectivity index is 2.28. The molecular formula is C12H17N3O3S. The molecule has 0 saturated carbocycles. The number of thioether (sulfide) groups is 1. The summed E-state index contributed by atoms with van der Waals surface area (Å²) in [6, 6.07) is 0. The third kappa shape index (κ3) is 2.34. The van der Waals surface area contributed by atoms with E-state index >= 15 is 0 Å². The van der Waals surface area contributed by atoms with E-state index in [9.17, 15) is 14.7 Å². The largest absolute Gasteiger partial charge is 0.479 e. The predicted octanol–water partition coefficient (Wildman–Crippen LogP) is 0.727.